The lowest BCUT2D eigenvalue weighted by molar-refractivity contribution is -0.125. The van der Waals surface area contributed by atoms with Crippen LogP contribution >= 0.6 is 15.9 Å². The van der Waals surface area contributed by atoms with E-state index in [4.69, 9.17) is 4.74 Å². The highest BCUT2D eigenvalue weighted by atomic mass is 79.9. The number of ether oxygens (including phenoxy) is 1. The van der Waals surface area contributed by atoms with Gasteiger partial charge in [0.25, 0.3) is 0 Å². The topological polar surface area (TPSA) is 38.3 Å². The molecule has 1 atom stereocenters. The predicted octanol–water partition coefficient (Wildman–Crippen LogP) is 1.95. The number of carbonyl (C=O) groups is 1. The zero-order valence-corrected chi connectivity index (χ0v) is 10.9. The number of alkyl halides is 1. The number of halogens is 1. The number of nitrogens with one attached hydrogen (secondary N) is 1. The van der Waals surface area contributed by atoms with Gasteiger partial charge in [-0.25, -0.2) is 0 Å². The number of carbonyl (C=O) groups excluding carboxylic acids is 1. The summed E-state index contributed by atoms with van der Waals surface area (Å²) < 4.78 is 5.29. The molecule has 0 aromatic carbocycles. The Hall–Kier alpha value is -0.0900. The minimum Gasteiger partial charge on any atom is -0.381 e. The van der Waals surface area contributed by atoms with E-state index < -0.39 is 0 Å². The van der Waals surface area contributed by atoms with Gasteiger partial charge in [0.05, 0.1) is 6.61 Å². The van der Waals surface area contributed by atoms with Crippen molar-refractivity contribution in [3.8, 4) is 0 Å². The van der Waals surface area contributed by atoms with Crippen molar-refractivity contribution in [2.24, 2.45) is 11.8 Å². The van der Waals surface area contributed by atoms with Crippen LogP contribution < -0.4 is 5.32 Å². The molecule has 0 heterocycles. The van der Waals surface area contributed by atoms with Crippen molar-refractivity contribution in [2.45, 2.75) is 26.2 Å². The normalized spacial score (nSPS) is 17.5. The molecule has 0 aromatic rings. The largest absolute Gasteiger partial charge is 0.381 e. The maximum absolute atomic E-state index is 11.6. The molecule has 1 saturated carbocycles. The third kappa shape index (κ3) is 5.52. The smallest absolute Gasteiger partial charge is 0.223 e. The monoisotopic (exact) mass is 277 g/mol. The van der Waals surface area contributed by atoms with Crippen molar-refractivity contribution >= 4 is 21.8 Å². The molecule has 1 amide bonds. The van der Waals surface area contributed by atoms with Crippen LogP contribution in [0.25, 0.3) is 0 Å². The molecule has 3 nitrogen and oxygen atoms in total. The van der Waals surface area contributed by atoms with Gasteiger partial charge in [0, 0.05) is 24.4 Å². The molecule has 88 valence electrons. The molecule has 1 aliphatic carbocycles. The minimum absolute atomic E-state index is 0.202. The summed E-state index contributed by atoms with van der Waals surface area (Å²) in [7, 11) is 0. The third-order valence-electron chi connectivity index (χ3n) is 2.73. The fourth-order valence-corrected chi connectivity index (χ4v) is 1.74. The fraction of sp³-hybridized carbons (Fsp3) is 0.909. The van der Waals surface area contributed by atoms with Crippen LogP contribution in [-0.4, -0.2) is 31.0 Å². The van der Waals surface area contributed by atoms with Crippen LogP contribution in [0, 0.1) is 11.8 Å². The average Bonchev–Trinajstić information content (AvgIpc) is 3.05. The summed E-state index contributed by atoms with van der Waals surface area (Å²) in [6.07, 6.45) is 3.35. The molecule has 0 radical (unpaired) electrons. The molecule has 1 N–H and O–H groups in total. The lowest BCUT2D eigenvalue weighted by Gasteiger charge is -2.10. The number of rotatable bonds is 8. The lowest BCUT2D eigenvalue weighted by Crippen LogP contribution is -2.31. The molecular weight excluding hydrogens is 258 g/mol. The standard InChI is InChI=1S/C11H20BrNO2/c1-9(10-3-4-10)11(14)13-6-2-7-15-8-5-12/h9-10H,2-8H2,1H3,(H,13,14). The van der Waals surface area contributed by atoms with E-state index in [0.29, 0.717) is 5.92 Å². The summed E-state index contributed by atoms with van der Waals surface area (Å²) in [4.78, 5) is 11.6. The molecule has 1 rings (SSSR count). The first-order valence-corrected chi connectivity index (χ1v) is 6.79. The molecule has 1 fully saturated rings. The van der Waals surface area contributed by atoms with Crippen LogP contribution in [0.15, 0.2) is 0 Å². The van der Waals surface area contributed by atoms with Gasteiger partial charge in [-0.15, -0.1) is 0 Å². The second-order valence-electron chi connectivity index (χ2n) is 4.07. The maximum Gasteiger partial charge on any atom is 0.223 e. The molecule has 0 aromatic heterocycles. The molecule has 1 aliphatic rings. The Morgan fingerprint density at radius 3 is 2.87 bits per heavy atom. The van der Waals surface area contributed by atoms with E-state index in [0.717, 1.165) is 31.5 Å². The molecular formula is C11H20BrNO2. The Labute approximate surface area is 100 Å². The van der Waals surface area contributed by atoms with Gasteiger partial charge in [-0.05, 0) is 25.2 Å². The highest BCUT2D eigenvalue weighted by Gasteiger charge is 2.32. The summed E-state index contributed by atoms with van der Waals surface area (Å²) in [5.74, 6) is 1.06. The van der Waals surface area contributed by atoms with Crippen molar-refractivity contribution in [3.63, 3.8) is 0 Å². The predicted molar refractivity (Wildman–Crippen MR) is 64.1 cm³/mol. The Morgan fingerprint density at radius 1 is 1.53 bits per heavy atom. The number of hydrogen-bond donors (Lipinski definition) is 1. The van der Waals surface area contributed by atoms with Gasteiger partial charge in [0.1, 0.15) is 0 Å². The first-order valence-electron chi connectivity index (χ1n) is 5.67. The Kier molecular flexibility index (Phi) is 6.25. The van der Waals surface area contributed by atoms with Gasteiger partial charge < -0.3 is 10.1 Å². The summed E-state index contributed by atoms with van der Waals surface area (Å²) in [5, 5.41) is 3.82. The summed E-state index contributed by atoms with van der Waals surface area (Å²) in [6.45, 7) is 4.22. The van der Waals surface area contributed by atoms with Gasteiger partial charge in [-0.2, -0.15) is 0 Å². The number of amides is 1. The van der Waals surface area contributed by atoms with Gasteiger partial charge in [-0.1, -0.05) is 22.9 Å². The molecule has 15 heavy (non-hydrogen) atoms. The SMILES string of the molecule is CC(C(=O)NCCCOCCBr)C1CC1. The van der Waals surface area contributed by atoms with Gasteiger partial charge >= 0.3 is 0 Å². The van der Waals surface area contributed by atoms with E-state index in [9.17, 15) is 4.79 Å². The zero-order chi connectivity index (χ0) is 11.1. The first-order chi connectivity index (χ1) is 7.25. The van der Waals surface area contributed by atoms with Gasteiger partial charge in [0.15, 0.2) is 0 Å². The van der Waals surface area contributed by atoms with Crippen LogP contribution in [0.3, 0.4) is 0 Å². The van der Waals surface area contributed by atoms with Gasteiger partial charge in [0.2, 0.25) is 5.91 Å². The average molecular weight is 278 g/mol. The quantitative estimate of drug-likeness (QED) is 0.544. The zero-order valence-electron chi connectivity index (χ0n) is 9.30. The van der Waals surface area contributed by atoms with E-state index in [1.807, 2.05) is 6.92 Å². The number of hydrogen-bond acceptors (Lipinski definition) is 2. The molecule has 1 unspecified atom stereocenters. The van der Waals surface area contributed by atoms with Crippen LogP contribution in [0.5, 0.6) is 0 Å². The van der Waals surface area contributed by atoms with Gasteiger partial charge in [-0.3, -0.25) is 4.79 Å². The fourth-order valence-electron chi connectivity index (χ4n) is 1.51. The summed E-state index contributed by atoms with van der Waals surface area (Å²) in [6, 6.07) is 0. The third-order valence-corrected chi connectivity index (χ3v) is 3.05. The molecule has 4 heteroatoms. The lowest BCUT2D eigenvalue weighted by atomic mass is 10.1. The molecule has 0 bridgehead atoms. The van der Waals surface area contributed by atoms with E-state index in [-0.39, 0.29) is 11.8 Å². The molecule has 0 aliphatic heterocycles. The Balaban J connectivity index is 1.92. The van der Waals surface area contributed by atoms with Crippen LogP contribution in [0.1, 0.15) is 26.2 Å². The van der Waals surface area contributed by atoms with Crippen molar-refractivity contribution < 1.29 is 9.53 Å². The molecule has 0 saturated heterocycles. The van der Waals surface area contributed by atoms with E-state index >= 15 is 0 Å². The first kappa shape index (κ1) is 13.0. The highest BCUT2D eigenvalue weighted by Crippen LogP contribution is 2.36. The van der Waals surface area contributed by atoms with Crippen LogP contribution in [-0.2, 0) is 9.53 Å². The second-order valence-corrected chi connectivity index (χ2v) is 4.87. The van der Waals surface area contributed by atoms with Crippen molar-refractivity contribution in [2.75, 3.05) is 25.1 Å². The Bertz CT molecular complexity index is 195. The summed E-state index contributed by atoms with van der Waals surface area (Å²) in [5.41, 5.74) is 0. The van der Waals surface area contributed by atoms with E-state index in [1.165, 1.54) is 12.8 Å². The summed E-state index contributed by atoms with van der Waals surface area (Å²) >= 11 is 3.29. The molecule has 0 spiro atoms. The van der Waals surface area contributed by atoms with Crippen molar-refractivity contribution in [1.82, 2.24) is 5.32 Å². The van der Waals surface area contributed by atoms with Crippen LogP contribution in [0.2, 0.25) is 0 Å². The van der Waals surface area contributed by atoms with E-state index in [1.54, 1.807) is 0 Å². The Morgan fingerprint density at radius 2 is 2.27 bits per heavy atom. The maximum atomic E-state index is 11.6. The van der Waals surface area contributed by atoms with Crippen LogP contribution in [0.4, 0.5) is 0 Å². The van der Waals surface area contributed by atoms with Crippen molar-refractivity contribution in [3.05, 3.63) is 0 Å². The minimum atomic E-state index is 0.202. The van der Waals surface area contributed by atoms with E-state index in [2.05, 4.69) is 21.2 Å². The van der Waals surface area contributed by atoms with Crippen molar-refractivity contribution in [1.29, 1.82) is 0 Å². The second kappa shape index (κ2) is 7.23. The highest BCUT2D eigenvalue weighted by molar-refractivity contribution is 9.09.